The highest BCUT2D eigenvalue weighted by Gasteiger charge is 2.53. The number of pyridine rings is 1. The molecule has 0 saturated heterocycles. The molecule has 2 N–H and O–H groups in total. The van der Waals surface area contributed by atoms with E-state index in [9.17, 15) is 9.59 Å². The van der Waals surface area contributed by atoms with Crippen LogP contribution in [0.2, 0.25) is 0 Å². The number of aromatic nitrogens is 1. The average Bonchev–Trinajstić information content (AvgIpc) is 2.54. The molecule has 0 spiro atoms. The van der Waals surface area contributed by atoms with Crippen molar-refractivity contribution < 1.29 is 9.59 Å². The molecule has 4 fully saturated rings. The molecular formula is C19H24N2O2S. The van der Waals surface area contributed by atoms with Gasteiger partial charge in [0, 0.05) is 17.4 Å². The van der Waals surface area contributed by atoms with Gasteiger partial charge in [0.05, 0.1) is 17.0 Å². The lowest BCUT2D eigenvalue weighted by molar-refractivity contribution is -0.141. The van der Waals surface area contributed by atoms with Crippen molar-refractivity contribution in [3.8, 4) is 0 Å². The molecule has 0 atom stereocenters. The first-order valence-electron chi connectivity index (χ1n) is 8.90. The van der Waals surface area contributed by atoms with E-state index in [1.165, 1.54) is 25.5 Å². The molecule has 1 aromatic heterocycles. The van der Waals surface area contributed by atoms with Crippen molar-refractivity contribution in [3.05, 3.63) is 29.6 Å². The molecule has 0 aliphatic heterocycles. The van der Waals surface area contributed by atoms with Crippen LogP contribution in [0.3, 0.4) is 0 Å². The smallest absolute Gasteiger partial charge is 0.250 e. The van der Waals surface area contributed by atoms with Crippen LogP contribution in [0.15, 0.2) is 18.3 Å². The summed E-state index contributed by atoms with van der Waals surface area (Å²) in [7, 11) is 0. The van der Waals surface area contributed by atoms with Crippen molar-refractivity contribution in [2.75, 3.05) is 5.75 Å². The zero-order chi connectivity index (χ0) is 16.7. The molecule has 24 heavy (non-hydrogen) atoms. The third-order valence-electron chi connectivity index (χ3n) is 6.22. The Hall–Kier alpha value is -1.36. The Balaban J connectivity index is 1.33. The van der Waals surface area contributed by atoms with Gasteiger partial charge in [0.2, 0.25) is 5.91 Å². The van der Waals surface area contributed by atoms with Gasteiger partial charge >= 0.3 is 0 Å². The normalized spacial score (nSPS) is 33.6. The maximum Gasteiger partial charge on any atom is 0.250 e. The quantitative estimate of drug-likeness (QED) is 0.860. The van der Waals surface area contributed by atoms with Crippen LogP contribution in [0.4, 0.5) is 0 Å². The van der Waals surface area contributed by atoms with Crippen LogP contribution in [0.25, 0.3) is 0 Å². The number of thioether (sulfide) groups is 1. The van der Waals surface area contributed by atoms with Gasteiger partial charge in [-0.3, -0.25) is 14.6 Å². The molecule has 0 radical (unpaired) electrons. The van der Waals surface area contributed by atoms with E-state index in [2.05, 4.69) is 4.98 Å². The van der Waals surface area contributed by atoms with E-state index in [1.807, 2.05) is 6.07 Å². The standard InChI is InChI=1S/C19H24N2O2S/c20-18(23)15-1-2-16(21-9-15)10-24-11-17(22)19-6-12-3-13(7-19)5-14(4-12)8-19/h1-2,9,12-14H,3-8,10-11H2,(H2,20,23). The summed E-state index contributed by atoms with van der Waals surface area (Å²) < 4.78 is 0. The van der Waals surface area contributed by atoms with Gasteiger partial charge in [0.15, 0.2) is 0 Å². The number of nitrogens with zero attached hydrogens (tertiary/aromatic N) is 1. The lowest BCUT2D eigenvalue weighted by atomic mass is 9.48. The van der Waals surface area contributed by atoms with Crippen molar-refractivity contribution in [2.24, 2.45) is 28.9 Å². The molecule has 4 saturated carbocycles. The van der Waals surface area contributed by atoms with E-state index in [4.69, 9.17) is 5.73 Å². The van der Waals surface area contributed by atoms with Crippen LogP contribution in [0.1, 0.15) is 54.6 Å². The minimum atomic E-state index is -0.460. The van der Waals surface area contributed by atoms with Crippen molar-refractivity contribution in [1.82, 2.24) is 4.98 Å². The van der Waals surface area contributed by atoms with Crippen molar-refractivity contribution in [2.45, 2.75) is 44.3 Å². The Labute approximate surface area is 147 Å². The molecule has 5 rings (SSSR count). The maximum atomic E-state index is 12.9. The number of rotatable bonds is 6. The second kappa shape index (κ2) is 6.17. The molecule has 1 heterocycles. The van der Waals surface area contributed by atoms with E-state index in [1.54, 1.807) is 17.8 Å². The van der Waals surface area contributed by atoms with Crippen LogP contribution in [0, 0.1) is 23.2 Å². The van der Waals surface area contributed by atoms with Gasteiger partial charge in [-0.15, -0.1) is 11.8 Å². The molecule has 1 amide bonds. The van der Waals surface area contributed by atoms with E-state index in [0.717, 1.165) is 42.7 Å². The number of hydrogen-bond acceptors (Lipinski definition) is 4. The second-order valence-corrected chi connectivity index (χ2v) is 9.00. The maximum absolute atomic E-state index is 12.9. The molecule has 0 unspecified atom stereocenters. The molecular weight excluding hydrogens is 320 g/mol. The molecule has 1 aromatic rings. The SMILES string of the molecule is NC(=O)c1ccc(CSCC(=O)C23CC4CC(CC(C4)C2)C3)nc1. The predicted molar refractivity (Wildman–Crippen MR) is 94.5 cm³/mol. The molecule has 128 valence electrons. The summed E-state index contributed by atoms with van der Waals surface area (Å²) in [6.07, 6.45) is 9.05. The first-order valence-corrected chi connectivity index (χ1v) is 10.1. The summed E-state index contributed by atoms with van der Waals surface area (Å²) in [5, 5.41) is 0. The third kappa shape index (κ3) is 2.99. The molecule has 4 aliphatic carbocycles. The number of ketones is 1. The van der Waals surface area contributed by atoms with Gasteiger partial charge in [0.1, 0.15) is 5.78 Å². The van der Waals surface area contributed by atoms with E-state index >= 15 is 0 Å². The van der Waals surface area contributed by atoms with Gasteiger partial charge in [-0.25, -0.2) is 0 Å². The molecule has 4 nitrogen and oxygen atoms in total. The van der Waals surface area contributed by atoms with Crippen molar-refractivity contribution in [1.29, 1.82) is 0 Å². The Morgan fingerprint density at radius 3 is 2.25 bits per heavy atom. The van der Waals surface area contributed by atoms with Crippen LogP contribution < -0.4 is 5.73 Å². The van der Waals surface area contributed by atoms with E-state index in [0.29, 0.717) is 22.9 Å². The fourth-order valence-corrected chi connectivity index (χ4v) is 6.48. The van der Waals surface area contributed by atoms with Crippen molar-refractivity contribution in [3.63, 3.8) is 0 Å². The minimum absolute atomic E-state index is 0.00496. The highest BCUT2D eigenvalue weighted by atomic mass is 32.2. The molecule has 0 aromatic carbocycles. The lowest BCUT2D eigenvalue weighted by Crippen LogP contribution is -2.50. The van der Waals surface area contributed by atoms with Crippen LogP contribution in [0.5, 0.6) is 0 Å². The van der Waals surface area contributed by atoms with Gasteiger partial charge in [0.25, 0.3) is 0 Å². The predicted octanol–water partition coefficient (Wildman–Crippen LogP) is 3.20. The Morgan fingerprint density at radius 1 is 1.12 bits per heavy atom. The molecule has 4 aliphatic rings. The lowest BCUT2D eigenvalue weighted by Gasteiger charge is -2.56. The summed E-state index contributed by atoms with van der Waals surface area (Å²) in [6.45, 7) is 0. The average molecular weight is 344 g/mol. The number of Topliss-reactive ketones (excluding diaryl/α,β-unsaturated/α-hetero) is 1. The number of primary amides is 1. The van der Waals surface area contributed by atoms with Gasteiger partial charge in [-0.2, -0.15) is 0 Å². The Kier molecular flexibility index (Phi) is 4.15. The first-order chi connectivity index (χ1) is 11.5. The number of carbonyl (C=O) groups is 2. The summed E-state index contributed by atoms with van der Waals surface area (Å²) in [4.78, 5) is 28.2. The summed E-state index contributed by atoms with van der Waals surface area (Å²) in [5.41, 5.74) is 6.54. The Bertz CT molecular complexity index is 621. The fraction of sp³-hybridized carbons (Fsp3) is 0.632. The van der Waals surface area contributed by atoms with Gasteiger partial charge in [-0.05, 0) is 68.4 Å². The molecule has 5 heteroatoms. The van der Waals surface area contributed by atoms with Crippen LogP contribution >= 0.6 is 11.8 Å². The summed E-state index contributed by atoms with van der Waals surface area (Å²) in [5.74, 6) is 3.75. The Morgan fingerprint density at radius 2 is 1.75 bits per heavy atom. The van der Waals surface area contributed by atoms with E-state index in [-0.39, 0.29) is 5.41 Å². The summed E-state index contributed by atoms with van der Waals surface area (Å²) >= 11 is 1.65. The van der Waals surface area contributed by atoms with E-state index < -0.39 is 5.91 Å². The zero-order valence-electron chi connectivity index (χ0n) is 13.9. The largest absolute Gasteiger partial charge is 0.366 e. The number of hydrogen-bond donors (Lipinski definition) is 1. The highest BCUT2D eigenvalue weighted by Crippen LogP contribution is 2.60. The van der Waals surface area contributed by atoms with Gasteiger partial charge in [-0.1, -0.05) is 0 Å². The monoisotopic (exact) mass is 344 g/mol. The fourth-order valence-electron chi connectivity index (χ4n) is 5.51. The number of carbonyl (C=O) groups excluding carboxylic acids is 2. The zero-order valence-corrected chi connectivity index (χ0v) is 14.7. The first kappa shape index (κ1) is 16.1. The minimum Gasteiger partial charge on any atom is -0.366 e. The van der Waals surface area contributed by atoms with Gasteiger partial charge < -0.3 is 5.73 Å². The second-order valence-electron chi connectivity index (χ2n) is 8.02. The van der Waals surface area contributed by atoms with Crippen LogP contribution in [-0.4, -0.2) is 22.4 Å². The number of amides is 1. The molecule has 4 bridgehead atoms. The van der Waals surface area contributed by atoms with Crippen molar-refractivity contribution >= 4 is 23.5 Å². The van der Waals surface area contributed by atoms with Crippen LogP contribution in [-0.2, 0) is 10.5 Å². The number of nitrogens with two attached hydrogens (primary N) is 1. The topological polar surface area (TPSA) is 73.1 Å². The third-order valence-corrected chi connectivity index (χ3v) is 7.19. The summed E-state index contributed by atoms with van der Waals surface area (Å²) in [6, 6.07) is 3.52. The highest BCUT2D eigenvalue weighted by molar-refractivity contribution is 7.99.